The Labute approximate surface area is 258 Å². The van der Waals surface area contributed by atoms with Crippen LogP contribution >= 0.6 is 0 Å². The first-order chi connectivity index (χ1) is 20.3. The third-order valence-corrected chi connectivity index (χ3v) is 11.1. The fourth-order valence-corrected chi connectivity index (χ4v) is 9.22. The van der Waals surface area contributed by atoms with Gasteiger partial charge in [-0.2, -0.15) is 0 Å². The van der Waals surface area contributed by atoms with Gasteiger partial charge in [0.05, 0.1) is 17.6 Å². The molecule has 3 aliphatic rings. The number of aliphatic hydroxyl groups is 3. The van der Waals surface area contributed by atoms with E-state index in [-0.39, 0.29) is 42.0 Å². The summed E-state index contributed by atoms with van der Waals surface area (Å²) in [7, 11) is 0. The molecule has 2 unspecified atom stereocenters. The number of nitrogens with two attached hydrogens (primary N) is 2. The molecular formula is C35H46N2O7. The summed E-state index contributed by atoms with van der Waals surface area (Å²) in [5.74, 6) is -7.21. The number of carbonyl (C=O) groups excluding carboxylic acids is 3. The Hall–Kier alpha value is -3.11. The Kier molecular flexibility index (Phi) is 7.49. The van der Waals surface area contributed by atoms with Gasteiger partial charge < -0.3 is 31.9 Å². The molecule has 0 spiro atoms. The van der Waals surface area contributed by atoms with E-state index in [1.165, 1.54) is 0 Å². The van der Waals surface area contributed by atoms with Crippen LogP contribution in [0.1, 0.15) is 81.9 Å². The zero-order chi connectivity index (χ0) is 32.9. The van der Waals surface area contributed by atoms with E-state index in [0.717, 1.165) is 16.7 Å². The number of hydrogen-bond donors (Lipinski definition) is 6. The van der Waals surface area contributed by atoms with Gasteiger partial charge in [-0.3, -0.25) is 14.4 Å². The lowest BCUT2D eigenvalue weighted by Crippen LogP contribution is -2.79. The van der Waals surface area contributed by atoms with Gasteiger partial charge in [-0.1, -0.05) is 72.7 Å². The van der Waals surface area contributed by atoms with Gasteiger partial charge >= 0.3 is 0 Å². The van der Waals surface area contributed by atoms with Crippen molar-refractivity contribution in [1.82, 2.24) is 0 Å². The molecule has 0 aliphatic heterocycles. The molecule has 8 atom stereocenters. The average molecular weight is 607 g/mol. The largest absolute Gasteiger partial charge is 0.507 e. The van der Waals surface area contributed by atoms with E-state index in [1.807, 2.05) is 45.0 Å². The van der Waals surface area contributed by atoms with Crippen LogP contribution in [0.3, 0.4) is 0 Å². The summed E-state index contributed by atoms with van der Waals surface area (Å²) in [6.07, 6.45) is -3.07. The third-order valence-electron chi connectivity index (χ3n) is 11.1. The summed E-state index contributed by atoms with van der Waals surface area (Å²) >= 11 is 0. The quantitative estimate of drug-likeness (QED) is 0.287. The monoisotopic (exact) mass is 606 g/mol. The van der Waals surface area contributed by atoms with Crippen LogP contribution in [0.2, 0.25) is 0 Å². The number of hydrogen-bond acceptors (Lipinski definition) is 8. The summed E-state index contributed by atoms with van der Waals surface area (Å²) in [6, 6.07) is 9.84. The van der Waals surface area contributed by atoms with Crippen molar-refractivity contribution < 1.29 is 34.8 Å². The fourth-order valence-electron chi connectivity index (χ4n) is 9.22. The first-order valence-corrected chi connectivity index (χ1v) is 15.4. The minimum absolute atomic E-state index is 0.0201. The van der Waals surface area contributed by atoms with E-state index in [0.29, 0.717) is 11.1 Å². The van der Waals surface area contributed by atoms with Crippen molar-refractivity contribution in [2.45, 2.75) is 91.1 Å². The van der Waals surface area contributed by atoms with Crippen LogP contribution in [0, 0.1) is 34.5 Å². The van der Waals surface area contributed by atoms with Crippen molar-refractivity contribution in [3.05, 3.63) is 52.6 Å². The number of amides is 1. The number of rotatable bonds is 4. The zero-order valence-corrected chi connectivity index (χ0v) is 26.6. The van der Waals surface area contributed by atoms with Crippen LogP contribution in [-0.2, 0) is 28.0 Å². The maximum Gasteiger partial charge on any atom is 0.230 e. The van der Waals surface area contributed by atoms with Gasteiger partial charge in [-0.05, 0) is 63.8 Å². The second-order valence-electron chi connectivity index (χ2n) is 15.3. The highest BCUT2D eigenvalue weighted by Crippen LogP contribution is 2.66. The van der Waals surface area contributed by atoms with Crippen molar-refractivity contribution in [1.29, 1.82) is 0 Å². The Morgan fingerprint density at radius 1 is 1.09 bits per heavy atom. The Bertz CT molecular complexity index is 1540. The van der Waals surface area contributed by atoms with Crippen LogP contribution < -0.4 is 11.5 Å². The second-order valence-corrected chi connectivity index (χ2v) is 15.3. The fraction of sp³-hybridized carbons (Fsp3) is 0.571. The summed E-state index contributed by atoms with van der Waals surface area (Å²) in [6.45, 7) is 13.5. The van der Waals surface area contributed by atoms with E-state index >= 15 is 0 Å². The molecule has 2 aromatic carbocycles. The lowest BCUT2D eigenvalue weighted by atomic mass is 9.39. The van der Waals surface area contributed by atoms with E-state index in [4.69, 9.17) is 11.5 Å². The van der Waals surface area contributed by atoms with E-state index in [1.54, 1.807) is 13.0 Å². The topological polar surface area (TPSA) is 184 Å². The lowest BCUT2D eigenvalue weighted by Gasteiger charge is -2.66. The molecular weight excluding hydrogens is 560 g/mol. The highest BCUT2D eigenvalue weighted by molar-refractivity contribution is 6.10. The Balaban J connectivity index is 1.74. The molecule has 5 rings (SSSR count). The molecule has 44 heavy (non-hydrogen) atoms. The minimum Gasteiger partial charge on any atom is -0.507 e. The van der Waals surface area contributed by atoms with Gasteiger partial charge in [0, 0.05) is 17.5 Å². The molecule has 8 N–H and O–H groups in total. The van der Waals surface area contributed by atoms with Gasteiger partial charge in [-0.15, -0.1) is 0 Å². The number of phenolic OH excluding ortho intramolecular Hbond substituents is 1. The molecule has 0 radical (unpaired) electrons. The predicted octanol–water partition coefficient (Wildman–Crippen LogP) is 3.00. The van der Waals surface area contributed by atoms with Crippen molar-refractivity contribution in [3.63, 3.8) is 0 Å². The molecule has 0 saturated heterocycles. The number of phenols is 1. The van der Waals surface area contributed by atoms with E-state index in [9.17, 15) is 34.8 Å². The van der Waals surface area contributed by atoms with Gasteiger partial charge in [0.1, 0.15) is 17.8 Å². The minimum atomic E-state index is -2.55. The lowest BCUT2D eigenvalue weighted by molar-refractivity contribution is -0.265. The number of aliphatic hydroxyl groups excluding tert-OH is 2. The van der Waals surface area contributed by atoms with Crippen LogP contribution in [0.4, 0.5) is 0 Å². The number of fused-ring (bicyclic) bond motifs is 3. The maximum absolute atomic E-state index is 14.5. The summed E-state index contributed by atoms with van der Waals surface area (Å²) in [5, 5.41) is 47.0. The predicted molar refractivity (Wildman–Crippen MR) is 165 cm³/mol. The number of primary amides is 1. The van der Waals surface area contributed by atoms with Gasteiger partial charge in [-0.25, -0.2) is 0 Å². The zero-order valence-electron chi connectivity index (χ0n) is 26.6. The SMILES string of the molecule is CC(C)[C@H]1C(O)[C@@H](C(N)=O)C(=O)[C@]2(O)C(O)[C@H]3C(=O)c4c(O)c(CN)cc(-c5ccc(C(C)(C)C)cc5)c4C[C@]3(C)C[C@]12C. The number of benzene rings is 2. The molecule has 2 saturated carbocycles. The standard InChI is InChI=1S/C35H46N2O7/c1-16(2)24-28(40)23(31(37)43)29(41)35(44)30(42)25-27(39)22-21(13-33(25,6)15-34(24,35)7)20(12-18(14-36)26(22)38)17-8-10-19(11-9-17)32(3,4)5/h8-12,16,23-25,28,30,38,40,42,44H,13-15,36H2,1-7H3,(H2,37,43)/t23-,24+,25-,28?,30?,33-,34-,35+/m1/s1. The molecule has 1 amide bonds. The molecule has 0 bridgehead atoms. The third kappa shape index (κ3) is 4.23. The van der Waals surface area contributed by atoms with Gasteiger partial charge in [0.15, 0.2) is 17.2 Å². The molecule has 9 nitrogen and oxygen atoms in total. The molecule has 2 fully saturated rings. The van der Waals surface area contributed by atoms with Crippen molar-refractivity contribution in [2.24, 2.45) is 46.0 Å². The summed E-state index contributed by atoms with van der Waals surface area (Å²) < 4.78 is 0. The number of carbonyl (C=O) groups is 3. The van der Waals surface area contributed by atoms with Crippen LogP contribution in [-0.4, -0.2) is 55.7 Å². The first kappa shape index (κ1) is 32.3. The van der Waals surface area contributed by atoms with Crippen LogP contribution in [0.15, 0.2) is 30.3 Å². The van der Waals surface area contributed by atoms with E-state index < -0.39 is 63.9 Å². The molecule has 0 heterocycles. The highest BCUT2D eigenvalue weighted by atomic mass is 16.4. The van der Waals surface area contributed by atoms with Crippen molar-refractivity contribution >= 4 is 17.5 Å². The molecule has 2 aromatic rings. The summed E-state index contributed by atoms with van der Waals surface area (Å²) in [4.78, 5) is 40.9. The Morgan fingerprint density at radius 3 is 2.18 bits per heavy atom. The van der Waals surface area contributed by atoms with E-state index in [2.05, 4.69) is 20.8 Å². The van der Waals surface area contributed by atoms with Crippen molar-refractivity contribution in [3.8, 4) is 16.9 Å². The van der Waals surface area contributed by atoms with Crippen LogP contribution in [0.25, 0.3) is 11.1 Å². The number of ketones is 2. The van der Waals surface area contributed by atoms with Crippen LogP contribution in [0.5, 0.6) is 5.75 Å². The number of Topliss-reactive ketones (excluding diaryl/α,β-unsaturated/α-hetero) is 2. The molecule has 9 heteroatoms. The summed E-state index contributed by atoms with van der Waals surface area (Å²) in [5.41, 5.74) is 10.2. The average Bonchev–Trinajstić information content (AvgIpc) is 2.90. The Morgan fingerprint density at radius 2 is 1.68 bits per heavy atom. The van der Waals surface area contributed by atoms with Crippen molar-refractivity contribution in [2.75, 3.05) is 0 Å². The first-order valence-electron chi connectivity index (χ1n) is 15.4. The molecule has 0 aromatic heterocycles. The normalized spacial score (nSPS) is 35.2. The smallest absolute Gasteiger partial charge is 0.230 e. The number of aromatic hydroxyl groups is 1. The van der Waals surface area contributed by atoms with Gasteiger partial charge in [0.2, 0.25) is 5.91 Å². The highest BCUT2D eigenvalue weighted by Gasteiger charge is 2.76. The molecule has 3 aliphatic carbocycles. The van der Waals surface area contributed by atoms with Gasteiger partial charge in [0.25, 0.3) is 0 Å². The molecule has 238 valence electrons. The maximum atomic E-state index is 14.5. The second kappa shape index (κ2) is 10.2.